The lowest BCUT2D eigenvalue weighted by Crippen LogP contribution is -2.40. The van der Waals surface area contributed by atoms with E-state index >= 15 is 0 Å². The second-order valence-electron chi connectivity index (χ2n) is 5.25. The lowest BCUT2D eigenvalue weighted by atomic mass is 10.2. The molecule has 2 aliphatic heterocycles. The van der Waals surface area contributed by atoms with Crippen molar-refractivity contribution in [2.24, 2.45) is 0 Å². The van der Waals surface area contributed by atoms with Crippen molar-refractivity contribution in [1.29, 1.82) is 0 Å². The van der Waals surface area contributed by atoms with Gasteiger partial charge in [-0.1, -0.05) is 12.1 Å². The van der Waals surface area contributed by atoms with E-state index in [0.717, 1.165) is 31.1 Å². The molecule has 104 valence electrons. The summed E-state index contributed by atoms with van der Waals surface area (Å²) in [6, 6.07) is 7.86. The maximum atomic E-state index is 5.90. The molecular weight excluding hydrogens is 240 g/mol. The Labute approximate surface area is 114 Å². The Morgan fingerprint density at radius 1 is 1.16 bits per heavy atom. The molecule has 2 aliphatic rings. The highest BCUT2D eigenvalue weighted by Gasteiger charge is 2.20. The third kappa shape index (κ3) is 3.39. The van der Waals surface area contributed by atoms with Crippen molar-refractivity contribution in [1.82, 2.24) is 10.2 Å². The Bertz CT molecular complexity index is 405. The summed E-state index contributed by atoms with van der Waals surface area (Å²) in [5, 5.41) is 3.47. The van der Waals surface area contributed by atoms with Gasteiger partial charge in [0.25, 0.3) is 0 Å². The molecule has 0 aromatic heterocycles. The summed E-state index contributed by atoms with van der Waals surface area (Å²) in [6.45, 7) is 6.18. The average molecular weight is 262 g/mol. The zero-order chi connectivity index (χ0) is 12.9. The van der Waals surface area contributed by atoms with Crippen LogP contribution in [0.5, 0.6) is 11.5 Å². The number of para-hydroxylation sites is 2. The van der Waals surface area contributed by atoms with Gasteiger partial charge in [0.15, 0.2) is 11.5 Å². The summed E-state index contributed by atoms with van der Waals surface area (Å²) >= 11 is 0. The van der Waals surface area contributed by atoms with Crippen molar-refractivity contribution < 1.29 is 9.47 Å². The first-order chi connectivity index (χ1) is 9.42. The van der Waals surface area contributed by atoms with Gasteiger partial charge in [-0.2, -0.15) is 0 Å². The van der Waals surface area contributed by atoms with Gasteiger partial charge in [-0.3, -0.25) is 0 Å². The van der Waals surface area contributed by atoms with Crippen LogP contribution >= 0.6 is 0 Å². The maximum absolute atomic E-state index is 5.90. The van der Waals surface area contributed by atoms with E-state index in [1.54, 1.807) is 0 Å². The van der Waals surface area contributed by atoms with Crippen molar-refractivity contribution in [3.63, 3.8) is 0 Å². The van der Waals surface area contributed by atoms with Gasteiger partial charge in [0.05, 0.1) is 0 Å². The van der Waals surface area contributed by atoms with Crippen molar-refractivity contribution in [2.75, 3.05) is 39.3 Å². The molecule has 0 saturated carbocycles. The van der Waals surface area contributed by atoms with Crippen LogP contribution in [0.1, 0.15) is 12.8 Å². The molecule has 1 fully saturated rings. The third-order valence-corrected chi connectivity index (χ3v) is 3.74. The molecule has 1 unspecified atom stereocenters. The van der Waals surface area contributed by atoms with E-state index in [0.29, 0.717) is 6.61 Å². The first-order valence-corrected chi connectivity index (χ1v) is 7.23. The van der Waals surface area contributed by atoms with Gasteiger partial charge in [-0.15, -0.1) is 0 Å². The Morgan fingerprint density at radius 3 is 2.79 bits per heavy atom. The molecule has 1 saturated heterocycles. The molecule has 0 bridgehead atoms. The lowest BCUT2D eigenvalue weighted by molar-refractivity contribution is 0.0900. The fraction of sp³-hybridized carbons (Fsp3) is 0.600. The minimum absolute atomic E-state index is 0.119. The summed E-state index contributed by atoms with van der Waals surface area (Å²) in [5.41, 5.74) is 0. The zero-order valence-electron chi connectivity index (χ0n) is 11.3. The van der Waals surface area contributed by atoms with Crippen LogP contribution in [0.2, 0.25) is 0 Å². The fourth-order valence-electron chi connectivity index (χ4n) is 2.67. The van der Waals surface area contributed by atoms with Crippen LogP contribution in [0.15, 0.2) is 24.3 Å². The number of benzene rings is 1. The van der Waals surface area contributed by atoms with Crippen LogP contribution in [0.3, 0.4) is 0 Å². The molecule has 1 N–H and O–H groups in total. The molecule has 0 radical (unpaired) electrons. The van der Waals surface area contributed by atoms with Crippen LogP contribution in [0.4, 0.5) is 0 Å². The van der Waals surface area contributed by atoms with Crippen LogP contribution in [0, 0.1) is 0 Å². The molecule has 19 heavy (non-hydrogen) atoms. The van der Waals surface area contributed by atoms with E-state index in [1.807, 2.05) is 24.3 Å². The van der Waals surface area contributed by atoms with Crippen LogP contribution < -0.4 is 14.8 Å². The normalized spacial score (nSPS) is 22.6. The van der Waals surface area contributed by atoms with Gasteiger partial charge in [0.1, 0.15) is 12.7 Å². The third-order valence-electron chi connectivity index (χ3n) is 3.74. The van der Waals surface area contributed by atoms with E-state index in [4.69, 9.17) is 9.47 Å². The van der Waals surface area contributed by atoms with Crippen molar-refractivity contribution in [2.45, 2.75) is 18.9 Å². The average Bonchev–Trinajstić information content (AvgIpc) is 2.97. The van der Waals surface area contributed by atoms with E-state index in [1.165, 1.54) is 25.9 Å². The Hall–Kier alpha value is -1.26. The Kier molecular flexibility index (Phi) is 4.20. The van der Waals surface area contributed by atoms with Crippen LogP contribution in [-0.4, -0.2) is 50.3 Å². The fourth-order valence-corrected chi connectivity index (χ4v) is 2.67. The number of nitrogens with zero attached hydrogens (tertiary/aromatic N) is 1. The molecule has 3 rings (SSSR count). The van der Waals surface area contributed by atoms with E-state index in [9.17, 15) is 0 Å². The summed E-state index contributed by atoms with van der Waals surface area (Å²) in [5.74, 6) is 1.72. The van der Waals surface area contributed by atoms with E-state index in [2.05, 4.69) is 10.2 Å². The highest BCUT2D eigenvalue weighted by molar-refractivity contribution is 5.40. The van der Waals surface area contributed by atoms with Gasteiger partial charge in [0, 0.05) is 19.6 Å². The summed E-state index contributed by atoms with van der Waals surface area (Å²) in [6.07, 6.45) is 2.83. The first-order valence-electron chi connectivity index (χ1n) is 7.23. The lowest BCUT2D eigenvalue weighted by Gasteiger charge is -2.27. The highest BCUT2D eigenvalue weighted by atomic mass is 16.6. The molecule has 0 spiro atoms. The Morgan fingerprint density at radius 2 is 1.95 bits per heavy atom. The first kappa shape index (κ1) is 12.8. The monoisotopic (exact) mass is 262 g/mol. The molecule has 4 nitrogen and oxygen atoms in total. The quantitative estimate of drug-likeness (QED) is 0.816. The molecule has 1 aromatic carbocycles. The van der Waals surface area contributed by atoms with E-state index in [-0.39, 0.29) is 6.10 Å². The van der Waals surface area contributed by atoms with Crippen molar-refractivity contribution in [3.8, 4) is 11.5 Å². The molecule has 0 aliphatic carbocycles. The minimum Gasteiger partial charge on any atom is -0.486 e. The van der Waals surface area contributed by atoms with E-state index < -0.39 is 0 Å². The van der Waals surface area contributed by atoms with Crippen LogP contribution in [0.25, 0.3) is 0 Å². The minimum atomic E-state index is 0.119. The number of ether oxygens (including phenoxy) is 2. The largest absolute Gasteiger partial charge is 0.486 e. The predicted octanol–water partition coefficient (Wildman–Crippen LogP) is 1.51. The van der Waals surface area contributed by atoms with Gasteiger partial charge in [0.2, 0.25) is 0 Å². The topological polar surface area (TPSA) is 33.7 Å². The molecule has 4 heteroatoms. The molecule has 0 amide bonds. The van der Waals surface area contributed by atoms with Crippen LogP contribution in [-0.2, 0) is 0 Å². The van der Waals surface area contributed by atoms with Crippen molar-refractivity contribution in [3.05, 3.63) is 24.3 Å². The standard InChI is InChI=1S/C15H22N2O2/c1-2-6-15-14(5-1)18-12-13(19-15)11-16-7-10-17-8-3-4-9-17/h1-2,5-6,13,16H,3-4,7-12H2. The number of rotatable bonds is 5. The number of likely N-dealkylation sites (tertiary alicyclic amines) is 1. The predicted molar refractivity (Wildman–Crippen MR) is 74.9 cm³/mol. The van der Waals surface area contributed by atoms with Gasteiger partial charge in [-0.25, -0.2) is 0 Å². The second kappa shape index (κ2) is 6.26. The molecule has 1 atom stereocenters. The van der Waals surface area contributed by atoms with Gasteiger partial charge >= 0.3 is 0 Å². The smallest absolute Gasteiger partial charge is 0.161 e. The number of fused-ring (bicyclic) bond motifs is 1. The van der Waals surface area contributed by atoms with Gasteiger partial charge < -0.3 is 19.7 Å². The zero-order valence-corrected chi connectivity index (χ0v) is 11.3. The molecule has 2 heterocycles. The highest BCUT2D eigenvalue weighted by Crippen LogP contribution is 2.30. The van der Waals surface area contributed by atoms with Crippen molar-refractivity contribution >= 4 is 0 Å². The summed E-state index contributed by atoms with van der Waals surface area (Å²) in [4.78, 5) is 2.51. The maximum Gasteiger partial charge on any atom is 0.161 e. The SMILES string of the molecule is c1ccc2c(c1)OCC(CNCCN1CCCC1)O2. The number of hydrogen-bond donors (Lipinski definition) is 1. The summed E-state index contributed by atoms with van der Waals surface area (Å²) < 4.78 is 11.6. The Balaban J connectivity index is 1.37. The number of hydrogen-bond acceptors (Lipinski definition) is 4. The molecular formula is C15H22N2O2. The summed E-state index contributed by atoms with van der Waals surface area (Å²) in [7, 11) is 0. The number of nitrogens with one attached hydrogen (secondary N) is 1. The second-order valence-corrected chi connectivity index (χ2v) is 5.25. The molecule has 1 aromatic rings. The van der Waals surface area contributed by atoms with Gasteiger partial charge in [-0.05, 0) is 38.1 Å².